The molecule has 0 radical (unpaired) electrons. The standard InChI is InChI=1S/C8H7N5/c1-10-5-13-8-4-6(9)2-3-7(8)11-12-13/h2-4H,5,9H2. The summed E-state index contributed by atoms with van der Waals surface area (Å²) < 4.78 is 1.53. The third-order valence-electron chi connectivity index (χ3n) is 1.74. The van der Waals surface area contributed by atoms with Gasteiger partial charge in [-0.25, -0.2) is 6.57 Å². The van der Waals surface area contributed by atoms with Crippen molar-refractivity contribution < 1.29 is 0 Å². The predicted molar refractivity (Wildman–Crippen MR) is 48.5 cm³/mol. The third kappa shape index (κ3) is 1.18. The van der Waals surface area contributed by atoms with Crippen LogP contribution < -0.4 is 5.73 Å². The maximum Gasteiger partial charge on any atom is 0.309 e. The molecule has 0 bridgehead atoms. The smallest absolute Gasteiger partial charge is 0.309 e. The molecular weight excluding hydrogens is 166 g/mol. The number of nitrogens with zero attached hydrogens (tertiary/aromatic N) is 4. The maximum atomic E-state index is 6.71. The molecule has 1 heterocycles. The Labute approximate surface area is 74.6 Å². The molecular formula is C8H7N5. The molecule has 5 nitrogen and oxygen atoms in total. The Morgan fingerprint density at radius 3 is 3.15 bits per heavy atom. The lowest BCUT2D eigenvalue weighted by Gasteiger charge is -1.93. The number of anilines is 1. The highest BCUT2D eigenvalue weighted by molar-refractivity contribution is 5.78. The highest BCUT2D eigenvalue weighted by atomic mass is 15.4. The van der Waals surface area contributed by atoms with Gasteiger partial charge in [-0.2, -0.15) is 4.68 Å². The number of hydrogen-bond donors (Lipinski definition) is 1. The van der Waals surface area contributed by atoms with Crippen molar-refractivity contribution in [1.82, 2.24) is 15.0 Å². The van der Waals surface area contributed by atoms with E-state index in [-0.39, 0.29) is 6.67 Å². The van der Waals surface area contributed by atoms with E-state index in [1.807, 2.05) is 0 Å². The van der Waals surface area contributed by atoms with Crippen LogP contribution in [0.2, 0.25) is 0 Å². The monoisotopic (exact) mass is 173 g/mol. The molecule has 0 aliphatic heterocycles. The second-order valence-corrected chi connectivity index (χ2v) is 2.64. The number of rotatable bonds is 1. The van der Waals surface area contributed by atoms with Crippen molar-refractivity contribution in [2.45, 2.75) is 6.67 Å². The number of benzene rings is 1. The van der Waals surface area contributed by atoms with Gasteiger partial charge >= 0.3 is 6.67 Å². The Balaban J connectivity index is 2.66. The predicted octanol–water partition coefficient (Wildman–Crippen LogP) is 0.890. The van der Waals surface area contributed by atoms with Crippen LogP contribution >= 0.6 is 0 Å². The van der Waals surface area contributed by atoms with Gasteiger partial charge in [0.25, 0.3) is 0 Å². The minimum Gasteiger partial charge on any atom is -0.399 e. The van der Waals surface area contributed by atoms with Crippen LogP contribution in [0.25, 0.3) is 15.9 Å². The summed E-state index contributed by atoms with van der Waals surface area (Å²) in [5.41, 5.74) is 7.82. The van der Waals surface area contributed by atoms with Gasteiger partial charge in [0.15, 0.2) is 0 Å². The Morgan fingerprint density at radius 1 is 1.54 bits per heavy atom. The fraction of sp³-hybridized carbons (Fsp3) is 0.125. The van der Waals surface area contributed by atoms with Crippen molar-refractivity contribution in [3.63, 3.8) is 0 Å². The van der Waals surface area contributed by atoms with E-state index in [2.05, 4.69) is 15.2 Å². The van der Waals surface area contributed by atoms with Crippen LogP contribution in [-0.2, 0) is 6.67 Å². The average molecular weight is 173 g/mol. The fourth-order valence-electron chi connectivity index (χ4n) is 1.15. The lowest BCUT2D eigenvalue weighted by molar-refractivity contribution is 0.680. The van der Waals surface area contributed by atoms with Gasteiger partial charge in [0.1, 0.15) is 5.52 Å². The first-order chi connectivity index (χ1) is 6.31. The largest absolute Gasteiger partial charge is 0.399 e. The van der Waals surface area contributed by atoms with Crippen LogP contribution in [0.15, 0.2) is 18.2 Å². The van der Waals surface area contributed by atoms with Crippen LogP contribution in [0.4, 0.5) is 5.69 Å². The summed E-state index contributed by atoms with van der Waals surface area (Å²) in [6.07, 6.45) is 0. The summed E-state index contributed by atoms with van der Waals surface area (Å²) in [6, 6.07) is 5.32. The summed E-state index contributed by atoms with van der Waals surface area (Å²) in [7, 11) is 0. The minimum atomic E-state index is 0.181. The number of aromatic nitrogens is 3. The quantitative estimate of drug-likeness (QED) is 0.514. The number of nitrogens with two attached hydrogens (primary N) is 1. The van der Waals surface area contributed by atoms with Crippen molar-refractivity contribution >= 4 is 16.7 Å². The van der Waals surface area contributed by atoms with Gasteiger partial charge in [0.05, 0.1) is 5.52 Å². The Hall–Kier alpha value is -2.09. The van der Waals surface area contributed by atoms with Crippen LogP contribution in [0.3, 0.4) is 0 Å². The first-order valence-corrected chi connectivity index (χ1v) is 3.73. The second kappa shape index (κ2) is 2.75. The number of hydrogen-bond acceptors (Lipinski definition) is 3. The first-order valence-electron chi connectivity index (χ1n) is 3.73. The maximum absolute atomic E-state index is 6.71. The van der Waals surface area contributed by atoms with Gasteiger partial charge in [-0.3, -0.25) is 4.85 Å². The van der Waals surface area contributed by atoms with Crippen LogP contribution in [0.5, 0.6) is 0 Å². The zero-order chi connectivity index (χ0) is 9.26. The molecule has 0 saturated heterocycles. The second-order valence-electron chi connectivity index (χ2n) is 2.64. The highest BCUT2D eigenvalue weighted by Gasteiger charge is 2.04. The number of nitrogen functional groups attached to an aromatic ring is 1. The van der Waals surface area contributed by atoms with Gasteiger partial charge in [0, 0.05) is 5.69 Å². The molecule has 0 amide bonds. The first kappa shape index (κ1) is 7.55. The summed E-state index contributed by atoms with van der Waals surface area (Å²) >= 11 is 0. The van der Waals surface area contributed by atoms with Crippen molar-refractivity contribution in [1.29, 1.82) is 0 Å². The molecule has 0 fully saturated rings. The van der Waals surface area contributed by atoms with E-state index < -0.39 is 0 Å². The van der Waals surface area contributed by atoms with E-state index in [1.165, 1.54) is 4.68 Å². The topological polar surface area (TPSA) is 61.1 Å². The summed E-state index contributed by atoms with van der Waals surface area (Å²) in [5, 5.41) is 7.72. The van der Waals surface area contributed by atoms with Gasteiger partial charge in [0.2, 0.25) is 0 Å². The summed E-state index contributed by atoms with van der Waals surface area (Å²) in [4.78, 5) is 3.23. The van der Waals surface area contributed by atoms with Crippen molar-refractivity contribution in [2.75, 3.05) is 5.73 Å². The van der Waals surface area contributed by atoms with Gasteiger partial charge in [-0.05, 0) is 18.2 Å². The normalized spacial score (nSPS) is 10.1. The number of fused-ring (bicyclic) bond motifs is 1. The SMILES string of the molecule is [C-]#[N+]Cn1nnc2ccc(N)cc21. The van der Waals surface area contributed by atoms with E-state index in [9.17, 15) is 0 Å². The molecule has 0 unspecified atom stereocenters. The molecule has 0 aliphatic carbocycles. The lowest BCUT2D eigenvalue weighted by atomic mass is 10.3. The minimum absolute atomic E-state index is 0.181. The van der Waals surface area contributed by atoms with Crippen molar-refractivity contribution in [3.05, 3.63) is 29.6 Å². The molecule has 1 aromatic heterocycles. The van der Waals surface area contributed by atoms with E-state index in [0.29, 0.717) is 5.69 Å². The van der Waals surface area contributed by atoms with Gasteiger partial charge < -0.3 is 5.73 Å². The zero-order valence-corrected chi connectivity index (χ0v) is 6.81. The average Bonchev–Trinajstić information content (AvgIpc) is 2.49. The van der Waals surface area contributed by atoms with E-state index in [1.54, 1.807) is 18.2 Å². The molecule has 0 saturated carbocycles. The summed E-state index contributed by atoms with van der Waals surface area (Å²) in [5.74, 6) is 0. The molecule has 2 N–H and O–H groups in total. The van der Waals surface area contributed by atoms with Crippen LogP contribution in [0, 0.1) is 6.57 Å². The van der Waals surface area contributed by atoms with Gasteiger partial charge in [-0.15, -0.1) is 5.10 Å². The lowest BCUT2D eigenvalue weighted by Crippen LogP contribution is -1.96. The molecule has 1 aromatic carbocycles. The zero-order valence-electron chi connectivity index (χ0n) is 6.81. The molecule has 5 heteroatoms. The van der Waals surface area contributed by atoms with Crippen molar-refractivity contribution in [2.24, 2.45) is 0 Å². The molecule has 64 valence electrons. The van der Waals surface area contributed by atoms with Crippen LogP contribution in [-0.4, -0.2) is 15.0 Å². The molecule has 2 rings (SSSR count). The Kier molecular flexibility index (Phi) is 1.60. The van der Waals surface area contributed by atoms with E-state index in [4.69, 9.17) is 12.3 Å². The Morgan fingerprint density at radius 2 is 2.38 bits per heavy atom. The Bertz CT molecular complexity index is 479. The summed E-state index contributed by atoms with van der Waals surface area (Å²) in [6.45, 7) is 6.89. The molecule has 0 atom stereocenters. The van der Waals surface area contributed by atoms with Gasteiger partial charge in [-0.1, -0.05) is 5.21 Å². The third-order valence-corrected chi connectivity index (χ3v) is 1.74. The highest BCUT2D eigenvalue weighted by Crippen LogP contribution is 2.14. The van der Waals surface area contributed by atoms with Crippen LogP contribution in [0.1, 0.15) is 0 Å². The fourth-order valence-corrected chi connectivity index (χ4v) is 1.15. The molecule has 0 aliphatic rings. The van der Waals surface area contributed by atoms with E-state index in [0.717, 1.165) is 11.0 Å². The molecule has 0 spiro atoms. The molecule has 13 heavy (non-hydrogen) atoms. The van der Waals surface area contributed by atoms with Crippen molar-refractivity contribution in [3.8, 4) is 0 Å². The van der Waals surface area contributed by atoms with E-state index >= 15 is 0 Å². The molecule has 2 aromatic rings.